The van der Waals surface area contributed by atoms with Crippen molar-refractivity contribution in [2.75, 3.05) is 0 Å². The van der Waals surface area contributed by atoms with Crippen LogP contribution in [0.1, 0.15) is 24.3 Å². The summed E-state index contributed by atoms with van der Waals surface area (Å²) in [5.41, 5.74) is 0.773. The van der Waals surface area contributed by atoms with Crippen LogP contribution in [0.15, 0.2) is 47.1 Å². The Morgan fingerprint density at radius 2 is 2.00 bits per heavy atom. The van der Waals surface area contributed by atoms with Gasteiger partial charge in [0, 0.05) is 6.07 Å². The Morgan fingerprint density at radius 3 is 2.67 bits per heavy atom. The number of nitrogens with zero attached hydrogens (tertiary/aromatic N) is 2. The number of carbonyl (C=O) groups excluding carboxylic acids is 2. The predicted molar refractivity (Wildman–Crippen MR) is 73.8 cm³/mol. The Kier molecular flexibility index (Phi) is 3.43. The topological polar surface area (TPSA) is 75.4 Å². The van der Waals surface area contributed by atoms with Crippen LogP contribution in [-0.2, 0) is 16.1 Å². The van der Waals surface area contributed by atoms with Gasteiger partial charge < -0.3 is 14.7 Å². The molecule has 0 spiro atoms. The summed E-state index contributed by atoms with van der Waals surface area (Å²) in [4.78, 5) is 26.3. The molecular formula is C15H15N3O3. The highest BCUT2D eigenvalue weighted by molar-refractivity contribution is 5.97. The highest BCUT2D eigenvalue weighted by Gasteiger charge is 2.39. The maximum absolute atomic E-state index is 12.4. The molecule has 1 aromatic heterocycles. The van der Waals surface area contributed by atoms with Gasteiger partial charge in [-0.1, -0.05) is 35.5 Å². The van der Waals surface area contributed by atoms with Crippen LogP contribution < -0.4 is 5.32 Å². The summed E-state index contributed by atoms with van der Waals surface area (Å²) in [5, 5.41) is 6.35. The molecule has 2 atom stereocenters. The third-order valence-electron chi connectivity index (χ3n) is 3.51. The summed E-state index contributed by atoms with van der Waals surface area (Å²) in [5.74, 6) is 0.221. The van der Waals surface area contributed by atoms with Crippen LogP contribution >= 0.6 is 0 Å². The molecule has 1 N–H and O–H groups in total. The average molecular weight is 285 g/mol. The van der Waals surface area contributed by atoms with E-state index in [4.69, 9.17) is 4.52 Å². The fraction of sp³-hybridized carbons (Fsp3) is 0.267. The van der Waals surface area contributed by atoms with Crippen molar-refractivity contribution in [2.24, 2.45) is 0 Å². The Hall–Kier alpha value is -2.63. The monoisotopic (exact) mass is 285 g/mol. The summed E-state index contributed by atoms with van der Waals surface area (Å²) in [6.07, 6.45) is 1.52. The summed E-state index contributed by atoms with van der Waals surface area (Å²) in [7, 11) is 0. The first-order valence-electron chi connectivity index (χ1n) is 6.72. The quantitative estimate of drug-likeness (QED) is 0.921. The smallest absolute Gasteiger partial charge is 0.248 e. The molecule has 108 valence electrons. The lowest BCUT2D eigenvalue weighted by Crippen LogP contribution is -2.57. The third-order valence-corrected chi connectivity index (χ3v) is 3.51. The van der Waals surface area contributed by atoms with E-state index in [2.05, 4.69) is 10.5 Å². The molecule has 0 saturated carbocycles. The van der Waals surface area contributed by atoms with Gasteiger partial charge in [0.25, 0.3) is 0 Å². The SMILES string of the molecule is CC1NC(=O)C(c2ccccc2)N(Cc2ccno2)C1=O. The summed E-state index contributed by atoms with van der Waals surface area (Å²) in [6, 6.07) is 9.72. The summed E-state index contributed by atoms with van der Waals surface area (Å²) < 4.78 is 5.06. The van der Waals surface area contributed by atoms with Crippen molar-refractivity contribution >= 4 is 11.8 Å². The van der Waals surface area contributed by atoms with E-state index in [-0.39, 0.29) is 18.4 Å². The molecule has 3 rings (SSSR count). The minimum absolute atomic E-state index is 0.139. The molecule has 2 amide bonds. The summed E-state index contributed by atoms with van der Waals surface area (Å²) >= 11 is 0. The van der Waals surface area contributed by atoms with Crippen molar-refractivity contribution in [1.29, 1.82) is 0 Å². The van der Waals surface area contributed by atoms with Gasteiger partial charge >= 0.3 is 0 Å². The van der Waals surface area contributed by atoms with Crippen molar-refractivity contribution in [3.63, 3.8) is 0 Å². The zero-order chi connectivity index (χ0) is 14.8. The number of carbonyl (C=O) groups is 2. The van der Waals surface area contributed by atoms with Gasteiger partial charge in [-0.2, -0.15) is 0 Å². The van der Waals surface area contributed by atoms with Gasteiger partial charge in [-0.05, 0) is 12.5 Å². The molecule has 6 nitrogen and oxygen atoms in total. The van der Waals surface area contributed by atoms with Crippen molar-refractivity contribution in [3.8, 4) is 0 Å². The lowest BCUT2D eigenvalue weighted by molar-refractivity contribution is -0.150. The molecule has 0 bridgehead atoms. The van der Waals surface area contributed by atoms with Crippen LogP contribution in [0.2, 0.25) is 0 Å². The van der Waals surface area contributed by atoms with Crippen LogP contribution in [0, 0.1) is 0 Å². The molecule has 1 aromatic carbocycles. The number of hydrogen-bond acceptors (Lipinski definition) is 4. The second-order valence-corrected chi connectivity index (χ2v) is 4.99. The minimum atomic E-state index is -0.653. The van der Waals surface area contributed by atoms with Gasteiger partial charge in [-0.3, -0.25) is 9.59 Å². The lowest BCUT2D eigenvalue weighted by atomic mass is 10.00. The number of benzene rings is 1. The Balaban J connectivity index is 1.96. The zero-order valence-electron chi connectivity index (χ0n) is 11.5. The van der Waals surface area contributed by atoms with E-state index < -0.39 is 12.1 Å². The van der Waals surface area contributed by atoms with Crippen LogP contribution in [0.4, 0.5) is 0 Å². The third kappa shape index (κ3) is 2.52. The van der Waals surface area contributed by atoms with Crippen LogP contribution in [0.25, 0.3) is 0 Å². The number of nitrogens with one attached hydrogen (secondary N) is 1. The zero-order valence-corrected chi connectivity index (χ0v) is 11.5. The molecule has 1 fully saturated rings. The first kappa shape index (κ1) is 13.4. The first-order chi connectivity index (χ1) is 10.2. The molecular weight excluding hydrogens is 270 g/mol. The molecule has 6 heteroatoms. The van der Waals surface area contributed by atoms with Crippen LogP contribution in [0.3, 0.4) is 0 Å². The van der Waals surface area contributed by atoms with Crippen molar-refractivity contribution in [2.45, 2.75) is 25.6 Å². The molecule has 2 unspecified atom stereocenters. The van der Waals surface area contributed by atoms with E-state index in [1.807, 2.05) is 30.3 Å². The normalized spacial score (nSPS) is 22.2. The van der Waals surface area contributed by atoms with Gasteiger partial charge in [-0.15, -0.1) is 0 Å². The number of piperazine rings is 1. The second-order valence-electron chi connectivity index (χ2n) is 4.99. The molecule has 0 radical (unpaired) electrons. The Morgan fingerprint density at radius 1 is 1.24 bits per heavy atom. The molecule has 21 heavy (non-hydrogen) atoms. The standard InChI is InChI=1S/C15H15N3O3/c1-10-15(20)18(9-12-7-8-16-21-12)13(14(19)17-10)11-5-3-2-4-6-11/h2-8,10,13H,9H2,1H3,(H,17,19). The van der Waals surface area contributed by atoms with Crippen molar-refractivity contribution in [1.82, 2.24) is 15.4 Å². The molecule has 2 heterocycles. The van der Waals surface area contributed by atoms with E-state index in [0.717, 1.165) is 5.56 Å². The predicted octanol–water partition coefficient (Wildman–Crippen LogP) is 1.26. The summed E-state index contributed by atoms with van der Waals surface area (Å²) in [6.45, 7) is 1.89. The van der Waals surface area contributed by atoms with E-state index >= 15 is 0 Å². The molecule has 0 aliphatic carbocycles. The van der Waals surface area contributed by atoms with E-state index in [1.165, 1.54) is 11.1 Å². The van der Waals surface area contributed by atoms with Crippen molar-refractivity contribution in [3.05, 3.63) is 53.9 Å². The highest BCUT2D eigenvalue weighted by atomic mass is 16.5. The molecule has 1 aliphatic heterocycles. The van der Waals surface area contributed by atoms with E-state index in [0.29, 0.717) is 5.76 Å². The fourth-order valence-electron chi connectivity index (χ4n) is 2.50. The van der Waals surface area contributed by atoms with E-state index in [1.54, 1.807) is 13.0 Å². The largest absolute Gasteiger partial charge is 0.360 e. The molecule has 1 saturated heterocycles. The van der Waals surface area contributed by atoms with Gasteiger partial charge in [-0.25, -0.2) is 0 Å². The maximum Gasteiger partial charge on any atom is 0.248 e. The van der Waals surface area contributed by atoms with Gasteiger partial charge in [0.2, 0.25) is 11.8 Å². The van der Waals surface area contributed by atoms with Gasteiger partial charge in [0.05, 0.1) is 12.7 Å². The second kappa shape index (κ2) is 5.40. The molecule has 1 aliphatic rings. The van der Waals surface area contributed by atoms with E-state index in [9.17, 15) is 9.59 Å². The van der Waals surface area contributed by atoms with Crippen LogP contribution in [-0.4, -0.2) is 27.9 Å². The fourth-order valence-corrected chi connectivity index (χ4v) is 2.50. The van der Waals surface area contributed by atoms with Gasteiger partial charge in [0.15, 0.2) is 5.76 Å². The average Bonchev–Trinajstić information content (AvgIpc) is 2.98. The van der Waals surface area contributed by atoms with Crippen molar-refractivity contribution < 1.29 is 14.1 Å². The Bertz CT molecular complexity index is 639. The number of rotatable bonds is 3. The first-order valence-corrected chi connectivity index (χ1v) is 6.72. The number of hydrogen-bond donors (Lipinski definition) is 1. The van der Waals surface area contributed by atoms with Crippen LogP contribution in [0.5, 0.6) is 0 Å². The Labute approximate surface area is 121 Å². The highest BCUT2D eigenvalue weighted by Crippen LogP contribution is 2.27. The van der Waals surface area contributed by atoms with Gasteiger partial charge in [0.1, 0.15) is 12.1 Å². The number of aromatic nitrogens is 1. The molecule has 2 aromatic rings. The lowest BCUT2D eigenvalue weighted by Gasteiger charge is -2.37. The maximum atomic E-state index is 12.4. The minimum Gasteiger partial charge on any atom is -0.360 e. The number of amides is 2.